The molecule has 0 aromatic heterocycles. The lowest BCUT2D eigenvalue weighted by atomic mass is 10.3. The van der Waals surface area contributed by atoms with Crippen molar-refractivity contribution in [3.63, 3.8) is 0 Å². The van der Waals surface area contributed by atoms with Gasteiger partial charge in [0.15, 0.2) is 6.29 Å². The van der Waals surface area contributed by atoms with Gasteiger partial charge in [0.25, 0.3) is 0 Å². The molecule has 0 heterocycles. The van der Waals surface area contributed by atoms with Gasteiger partial charge in [0.05, 0.1) is 0 Å². The van der Waals surface area contributed by atoms with Crippen LogP contribution in [0.5, 0.6) is 5.75 Å². The van der Waals surface area contributed by atoms with Crippen LogP contribution in [-0.4, -0.2) is 12.9 Å². The molecule has 0 aliphatic rings. The van der Waals surface area contributed by atoms with Gasteiger partial charge in [-0.3, -0.25) is 0 Å². The van der Waals surface area contributed by atoms with Crippen LogP contribution in [0.4, 0.5) is 0 Å². The Hall–Kier alpha value is -1.02. The van der Waals surface area contributed by atoms with Crippen LogP contribution in [0.1, 0.15) is 13.8 Å². The number of rotatable bonds is 4. The monoisotopic (exact) mass is 166 g/mol. The van der Waals surface area contributed by atoms with Crippen molar-refractivity contribution in [1.29, 1.82) is 0 Å². The van der Waals surface area contributed by atoms with Gasteiger partial charge in [0, 0.05) is 6.61 Å². The van der Waals surface area contributed by atoms with Gasteiger partial charge in [-0.15, -0.1) is 0 Å². The van der Waals surface area contributed by atoms with E-state index in [-0.39, 0.29) is 6.29 Å². The van der Waals surface area contributed by atoms with Crippen LogP contribution in [0, 0.1) is 0 Å². The summed E-state index contributed by atoms with van der Waals surface area (Å²) < 4.78 is 10.7. The van der Waals surface area contributed by atoms with Crippen LogP contribution in [-0.2, 0) is 4.74 Å². The van der Waals surface area contributed by atoms with Crippen molar-refractivity contribution in [2.45, 2.75) is 20.1 Å². The Morgan fingerprint density at radius 2 is 1.92 bits per heavy atom. The van der Waals surface area contributed by atoms with Crippen molar-refractivity contribution in [1.82, 2.24) is 0 Å². The highest BCUT2D eigenvalue weighted by Crippen LogP contribution is 2.10. The number of hydrogen-bond acceptors (Lipinski definition) is 2. The second kappa shape index (κ2) is 4.78. The molecule has 0 aliphatic carbocycles. The molecule has 0 aliphatic heterocycles. The summed E-state index contributed by atoms with van der Waals surface area (Å²) in [6, 6.07) is 9.66. The van der Waals surface area contributed by atoms with E-state index in [4.69, 9.17) is 9.47 Å². The Morgan fingerprint density at radius 3 is 2.50 bits per heavy atom. The van der Waals surface area contributed by atoms with Crippen LogP contribution >= 0.6 is 0 Å². The van der Waals surface area contributed by atoms with Gasteiger partial charge in [-0.2, -0.15) is 0 Å². The third kappa shape index (κ3) is 2.93. The first-order valence-electron chi connectivity index (χ1n) is 4.16. The Morgan fingerprint density at radius 1 is 1.25 bits per heavy atom. The van der Waals surface area contributed by atoms with Crippen LogP contribution in [0.25, 0.3) is 0 Å². The van der Waals surface area contributed by atoms with E-state index in [1.165, 1.54) is 0 Å². The van der Waals surface area contributed by atoms with E-state index in [1.807, 2.05) is 44.2 Å². The average Bonchev–Trinajstić information content (AvgIpc) is 2.06. The molecule has 1 aromatic rings. The highest BCUT2D eigenvalue weighted by Gasteiger charge is 2.00. The zero-order chi connectivity index (χ0) is 8.81. The summed E-state index contributed by atoms with van der Waals surface area (Å²) in [4.78, 5) is 0. The summed E-state index contributed by atoms with van der Waals surface area (Å²) in [5.74, 6) is 0.846. The largest absolute Gasteiger partial charge is 0.465 e. The lowest BCUT2D eigenvalue weighted by Crippen LogP contribution is -2.15. The summed E-state index contributed by atoms with van der Waals surface area (Å²) in [5, 5.41) is 0. The molecular weight excluding hydrogens is 152 g/mol. The maximum atomic E-state index is 5.43. The average molecular weight is 166 g/mol. The Labute approximate surface area is 73.1 Å². The number of para-hydroxylation sites is 1. The van der Waals surface area contributed by atoms with E-state index >= 15 is 0 Å². The van der Waals surface area contributed by atoms with Gasteiger partial charge >= 0.3 is 0 Å². The smallest absolute Gasteiger partial charge is 0.196 e. The van der Waals surface area contributed by atoms with Gasteiger partial charge in [0.1, 0.15) is 5.75 Å². The van der Waals surface area contributed by atoms with E-state index in [0.717, 1.165) is 5.75 Å². The van der Waals surface area contributed by atoms with E-state index in [0.29, 0.717) is 6.61 Å². The highest BCUT2D eigenvalue weighted by molar-refractivity contribution is 5.20. The first kappa shape index (κ1) is 9.07. The van der Waals surface area contributed by atoms with Crippen molar-refractivity contribution in [2.24, 2.45) is 0 Å². The third-order valence-electron chi connectivity index (χ3n) is 1.45. The molecule has 1 aromatic carbocycles. The molecule has 66 valence electrons. The van der Waals surface area contributed by atoms with E-state index in [2.05, 4.69) is 0 Å². The zero-order valence-corrected chi connectivity index (χ0v) is 7.49. The van der Waals surface area contributed by atoms with Gasteiger partial charge in [-0.25, -0.2) is 0 Å². The molecule has 0 radical (unpaired) electrons. The Bertz CT molecular complexity index is 208. The number of hydrogen-bond donors (Lipinski definition) is 0. The van der Waals surface area contributed by atoms with Gasteiger partial charge in [0.2, 0.25) is 0 Å². The number of benzene rings is 1. The molecule has 0 amide bonds. The lowest BCUT2D eigenvalue weighted by molar-refractivity contribution is -0.0613. The molecule has 1 unspecified atom stereocenters. The molecular formula is C10H14O2. The van der Waals surface area contributed by atoms with Crippen molar-refractivity contribution in [2.75, 3.05) is 6.61 Å². The van der Waals surface area contributed by atoms with Crippen LogP contribution in [0.2, 0.25) is 0 Å². The summed E-state index contributed by atoms with van der Waals surface area (Å²) in [5.41, 5.74) is 0. The lowest BCUT2D eigenvalue weighted by Gasteiger charge is -2.13. The van der Waals surface area contributed by atoms with Crippen LogP contribution in [0.3, 0.4) is 0 Å². The molecule has 12 heavy (non-hydrogen) atoms. The van der Waals surface area contributed by atoms with Crippen molar-refractivity contribution >= 4 is 0 Å². The molecule has 0 saturated carbocycles. The fourth-order valence-electron chi connectivity index (χ4n) is 0.959. The molecule has 0 N–H and O–H groups in total. The second-order valence-electron chi connectivity index (χ2n) is 2.45. The predicted molar refractivity (Wildman–Crippen MR) is 48.2 cm³/mol. The minimum absolute atomic E-state index is 0.169. The van der Waals surface area contributed by atoms with Gasteiger partial charge in [-0.05, 0) is 26.0 Å². The molecule has 0 fully saturated rings. The molecule has 0 bridgehead atoms. The Balaban J connectivity index is 2.41. The summed E-state index contributed by atoms with van der Waals surface area (Å²) in [6.45, 7) is 4.51. The topological polar surface area (TPSA) is 18.5 Å². The maximum Gasteiger partial charge on any atom is 0.196 e. The molecule has 1 rings (SSSR count). The molecule has 2 nitrogen and oxygen atoms in total. The van der Waals surface area contributed by atoms with E-state index in [1.54, 1.807) is 0 Å². The standard InChI is InChI=1S/C10H14O2/c1-3-11-9(2)12-10-7-5-4-6-8-10/h4-9H,3H2,1-2H3. The molecule has 2 heteroatoms. The summed E-state index contributed by atoms with van der Waals surface area (Å²) in [7, 11) is 0. The molecule has 0 spiro atoms. The SMILES string of the molecule is CCOC(C)Oc1ccccc1. The quantitative estimate of drug-likeness (QED) is 0.639. The van der Waals surface area contributed by atoms with Crippen molar-refractivity contribution in [3.8, 4) is 5.75 Å². The Kier molecular flexibility index (Phi) is 3.61. The van der Waals surface area contributed by atoms with E-state index in [9.17, 15) is 0 Å². The molecule has 1 atom stereocenters. The van der Waals surface area contributed by atoms with Crippen molar-refractivity contribution < 1.29 is 9.47 Å². The fraction of sp³-hybridized carbons (Fsp3) is 0.400. The second-order valence-corrected chi connectivity index (χ2v) is 2.45. The fourth-order valence-corrected chi connectivity index (χ4v) is 0.959. The third-order valence-corrected chi connectivity index (χ3v) is 1.45. The molecule has 0 saturated heterocycles. The number of ether oxygens (including phenoxy) is 2. The van der Waals surface area contributed by atoms with Gasteiger partial charge < -0.3 is 9.47 Å². The zero-order valence-electron chi connectivity index (χ0n) is 7.49. The van der Waals surface area contributed by atoms with Crippen LogP contribution < -0.4 is 4.74 Å². The minimum atomic E-state index is -0.169. The van der Waals surface area contributed by atoms with Crippen LogP contribution in [0.15, 0.2) is 30.3 Å². The van der Waals surface area contributed by atoms with E-state index < -0.39 is 0 Å². The van der Waals surface area contributed by atoms with Crippen molar-refractivity contribution in [3.05, 3.63) is 30.3 Å². The van der Waals surface area contributed by atoms with Gasteiger partial charge in [-0.1, -0.05) is 18.2 Å². The summed E-state index contributed by atoms with van der Waals surface area (Å²) >= 11 is 0. The first-order valence-corrected chi connectivity index (χ1v) is 4.16. The minimum Gasteiger partial charge on any atom is -0.465 e. The predicted octanol–water partition coefficient (Wildman–Crippen LogP) is 2.45. The normalized spacial score (nSPS) is 12.5. The highest BCUT2D eigenvalue weighted by atomic mass is 16.7. The first-order chi connectivity index (χ1) is 5.83. The summed E-state index contributed by atoms with van der Waals surface area (Å²) in [6.07, 6.45) is -0.169. The maximum absolute atomic E-state index is 5.43.